The topological polar surface area (TPSA) is 84.9 Å². The Hall–Kier alpha value is -2.74. The van der Waals surface area contributed by atoms with Crippen molar-refractivity contribution in [2.75, 3.05) is 17.7 Å². The predicted molar refractivity (Wildman–Crippen MR) is 101 cm³/mol. The molecule has 128 valence electrons. The van der Waals surface area contributed by atoms with Crippen LogP contribution in [0, 0.1) is 13.8 Å². The van der Waals surface area contributed by atoms with Crippen LogP contribution in [-0.2, 0) is 0 Å². The standard InChI is InChI=1S/C17H17BrN6O/c1-10-7-16(22-11(2)21-10)24-15-8-14(19-9-20-15)23-13-6-4-5-12(18)17(13)25-3/h4-9H,1-3H3,(H2,19,20,21,22,23,24). The minimum absolute atomic E-state index is 0.629. The monoisotopic (exact) mass is 400 g/mol. The van der Waals surface area contributed by atoms with Crippen LogP contribution in [0.4, 0.5) is 23.1 Å². The molecule has 0 atom stereocenters. The first kappa shape index (κ1) is 17.1. The molecule has 2 heterocycles. The fraction of sp³-hybridized carbons (Fsp3) is 0.176. The van der Waals surface area contributed by atoms with Gasteiger partial charge in [-0.15, -0.1) is 0 Å². The third-order valence-corrected chi connectivity index (χ3v) is 3.95. The average molecular weight is 401 g/mol. The molecule has 0 unspecified atom stereocenters. The number of hydrogen-bond donors (Lipinski definition) is 2. The zero-order valence-corrected chi connectivity index (χ0v) is 15.6. The zero-order valence-electron chi connectivity index (χ0n) is 14.0. The van der Waals surface area contributed by atoms with E-state index >= 15 is 0 Å². The second-order valence-corrected chi connectivity index (χ2v) is 6.16. The number of ether oxygens (including phenoxy) is 1. The Balaban J connectivity index is 1.83. The molecule has 1 aromatic carbocycles. The van der Waals surface area contributed by atoms with Crippen molar-refractivity contribution in [3.05, 3.63) is 52.7 Å². The highest BCUT2D eigenvalue weighted by molar-refractivity contribution is 9.10. The van der Waals surface area contributed by atoms with E-state index in [1.807, 2.05) is 38.1 Å². The van der Waals surface area contributed by atoms with Crippen molar-refractivity contribution in [1.82, 2.24) is 19.9 Å². The van der Waals surface area contributed by atoms with Crippen LogP contribution >= 0.6 is 15.9 Å². The molecule has 0 saturated carbocycles. The lowest BCUT2D eigenvalue weighted by Gasteiger charge is -2.12. The molecule has 3 aromatic rings. The van der Waals surface area contributed by atoms with E-state index < -0.39 is 0 Å². The number of nitrogens with one attached hydrogen (secondary N) is 2. The van der Waals surface area contributed by atoms with Crippen molar-refractivity contribution in [3.8, 4) is 5.75 Å². The maximum Gasteiger partial charge on any atom is 0.156 e. The van der Waals surface area contributed by atoms with Crippen LogP contribution in [0.25, 0.3) is 0 Å². The van der Waals surface area contributed by atoms with Crippen LogP contribution in [0.2, 0.25) is 0 Å². The summed E-state index contributed by atoms with van der Waals surface area (Å²) in [7, 11) is 1.62. The van der Waals surface area contributed by atoms with Gasteiger partial charge >= 0.3 is 0 Å². The van der Waals surface area contributed by atoms with Crippen molar-refractivity contribution in [3.63, 3.8) is 0 Å². The van der Waals surface area contributed by atoms with E-state index in [0.29, 0.717) is 29.0 Å². The summed E-state index contributed by atoms with van der Waals surface area (Å²) < 4.78 is 6.28. The molecule has 0 aliphatic heterocycles. The maximum atomic E-state index is 5.42. The summed E-state index contributed by atoms with van der Waals surface area (Å²) in [4.78, 5) is 17.1. The molecule has 0 aliphatic rings. The second-order valence-electron chi connectivity index (χ2n) is 5.30. The fourth-order valence-corrected chi connectivity index (χ4v) is 2.89. The molecule has 2 N–H and O–H groups in total. The number of rotatable bonds is 5. The van der Waals surface area contributed by atoms with Gasteiger partial charge in [0.2, 0.25) is 0 Å². The first-order chi connectivity index (χ1) is 12.0. The molecular weight excluding hydrogens is 384 g/mol. The van der Waals surface area contributed by atoms with Crippen LogP contribution in [0.5, 0.6) is 5.75 Å². The Morgan fingerprint density at radius 2 is 1.72 bits per heavy atom. The number of nitrogens with zero attached hydrogens (tertiary/aromatic N) is 4. The Bertz CT molecular complexity index is 882. The van der Waals surface area contributed by atoms with E-state index in [1.165, 1.54) is 6.33 Å². The molecule has 0 aliphatic carbocycles. The first-order valence-electron chi connectivity index (χ1n) is 7.56. The van der Waals surface area contributed by atoms with E-state index in [1.54, 1.807) is 13.2 Å². The van der Waals surface area contributed by atoms with E-state index in [4.69, 9.17) is 4.74 Å². The molecule has 7 nitrogen and oxygen atoms in total. The third-order valence-electron chi connectivity index (χ3n) is 3.32. The van der Waals surface area contributed by atoms with Crippen molar-refractivity contribution >= 4 is 39.1 Å². The largest absolute Gasteiger partial charge is 0.493 e. The summed E-state index contributed by atoms with van der Waals surface area (Å²) in [5.74, 6) is 3.36. The van der Waals surface area contributed by atoms with Gasteiger partial charge in [0.05, 0.1) is 17.3 Å². The molecule has 0 spiro atoms. The second kappa shape index (κ2) is 7.43. The van der Waals surface area contributed by atoms with Gasteiger partial charge in [0.1, 0.15) is 29.6 Å². The van der Waals surface area contributed by atoms with Gasteiger partial charge in [0.15, 0.2) is 5.75 Å². The summed E-state index contributed by atoms with van der Waals surface area (Å²) in [6.45, 7) is 3.77. The van der Waals surface area contributed by atoms with Gasteiger partial charge in [-0.2, -0.15) is 0 Å². The lowest BCUT2D eigenvalue weighted by molar-refractivity contribution is 0.414. The van der Waals surface area contributed by atoms with Crippen molar-refractivity contribution < 1.29 is 4.74 Å². The Labute approximate surface area is 154 Å². The normalized spacial score (nSPS) is 10.4. The van der Waals surface area contributed by atoms with Gasteiger partial charge in [0, 0.05) is 17.8 Å². The molecule has 25 heavy (non-hydrogen) atoms. The van der Waals surface area contributed by atoms with Gasteiger partial charge in [0.25, 0.3) is 0 Å². The minimum atomic E-state index is 0.629. The molecule has 0 bridgehead atoms. The number of anilines is 4. The lowest BCUT2D eigenvalue weighted by atomic mass is 10.3. The highest BCUT2D eigenvalue weighted by atomic mass is 79.9. The predicted octanol–water partition coefficient (Wildman–Crippen LogP) is 4.14. The van der Waals surface area contributed by atoms with Crippen LogP contribution in [0.3, 0.4) is 0 Å². The van der Waals surface area contributed by atoms with Gasteiger partial charge in [-0.3, -0.25) is 0 Å². The SMILES string of the molecule is COc1c(Br)cccc1Nc1cc(Nc2cc(C)nc(C)n2)ncn1. The number of halogens is 1. The Kier molecular flexibility index (Phi) is 5.08. The minimum Gasteiger partial charge on any atom is -0.493 e. The lowest BCUT2D eigenvalue weighted by Crippen LogP contribution is -2.02. The van der Waals surface area contributed by atoms with Gasteiger partial charge in [-0.25, -0.2) is 19.9 Å². The van der Waals surface area contributed by atoms with Gasteiger partial charge in [-0.1, -0.05) is 6.07 Å². The molecule has 0 radical (unpaired) electrons. The van der Waals surface area contributed by atoms with E-state index in [-0.39, 0.29) is 0 Å². The molecule has 0 saturated heterocycles. The van der Waals surface area contributed by atoms with E-state index in [0.717, 1.165) is 15.9 Å². The summed E-state index contributed by atoms with van der Waals surface area (Å²) in [5.41, 5.74) is 1.69. The van der Waals surface area contributed by atoms with E-state index in [9.17, 15) is 0 Å². The van der Waals surface area contributed by atoms with Crippen LogP contribution in [-0.4, -0.2) is 27.0 Å². The van der Waals surface area contributed by atoms with Gasteiger partial charge < -0.3 is 15.4 Å². The van der Waals surface area contributed by atoms with Crippen LogP contribution < -0.4 is 15.4 Å². The number of hydrogen-bond acceptors (Lipinski definition) is 7. The Morgan fingerprint density at radius 1 is 0.960 bits per heavy atom. The Morgan fingerprint density at radius 3 is 2.44 bits per heavy atom. The number of methoxy groups -OCH3 is 1. The van der Waals surface area contributed by atoms with Gasteiger partial charge in [-0.05, 0) is 41.9 Å². The molecule has 2 aromatic heterocycles. The van der Waals surface area contributed by atoms with Crippen LogP contribution in [0.1, 0.15) is 11.5 Å². The number of aryl methyl sites for hydroxylation is 2. The number of benzene rings is 1. The highest BCUT2D eigenvalue weighted by Crippen LogP contribution is 2.34. The number of para-hydroxylation sites is 1. The summed E-state index contributed by atoms with van der Waals surface area (Å²) in [5, 5.41) is 6.40. The quantitative estimate of drug-likeness (QED) is 0.665. The summed E-state index contributed by atoms with van der Waals surface area (Å²) in [6.07, 6.45) is 1.48. The number of aromatic nitrogens is 4. The highest BCUT2D eigenvalue weighted by Gasteiger charge is 2.09. The van der Waals surface area contributed by atoms with Crippen molar-refractivity contribution in [1.29, 1.82) is 0 Å². The van der Waals surface area contributed by atoms with Crippen molar-refractivity contribution in [2.45, 2.75) is 13.8 Å². The van der Waals surface area contributed by atoms with E-state index in [2.05, 4.69) is 46.5 Å². The molecular formula is C17H17BrN6O. The third kappa shape index (κ3) is 4.21. The molecule has 0 amide bonds. The summed E-state index contributed by atoms with van der Waals surface area (Å²) in [6, 6.07) is 9.40. The molecule has 0 fully saturated rings. The van der Waals surface area contributed by atoms with Crippen molar-refractivity contribution in [2.24, 2.45) is 0 Å². The smallest absolute Gasteiger partial charge is 0.156 e. The zero-order chi connectivity index (χ0) is 17.8. The fourth-order valence-electron chi connectivity index (χ4n) is 2.36. The average Bonchev–Trinajstić information content (AvgIpc) is 2.54. The molecule has 3 rings (SSSR count). The molecule has 8 heteroatoms. The summed E-state index contributed by atoms with van der Waals surface area (Å²) >= 11 is 3.47. The maximum absolute atomic E-state index is 5.42. The van der Waals surface area contributed by atoms with Crippen LogP contribution in [0.15, 0.2) is 41.1 Å². The first-order valence-corrected chi connectivity index (χ1v) is 8.35.